The van der Waals surface area contributed by atoms with Gasteiger partial charge in [0.1, 0.15) is 0 Å². The number of benzene rings is 2. The topological polar surface area (TPSA) is 20.7 Å². The molecular formula is C14H10BrClN2S. The monoisotopic (exact) mass is 352 g/mol. The maximum Gasteiger partial charge on any atom is 0.182 e. The zero-order valence-electron chi connectivity index (χ0n) is 10.1. The van der Waals surface area contributed by atoms with Crippen LogP contribution in [0.2, 0.25) is 5.02 Å². The average Bonchev–Trinajstić information content (AvgIpc) is 2.68. The van der Waals surface area contributed by atoms with E-state index in [2.05, 4.69) is 20.9 Å². The minimum atomic E-state index is 0.660. The van der Waals surface area contributed by atoms with Crippen LogP contribution < -0.4 is 0 Å². The second-order valence-corrected chi connectivity index (χ2v) is 6.07. The van der Waals surface area contributed by atoms with Crippen molar-refractivity contribution in [3.05, 3.63) is 56.2 Å². The highest BCUT2D eigenvalue weighted by atomic mass is 79.9. The van der Waals surface area contributed by atoms with E-state index in [9.17, 15) is 0 Å². The van der Waals surface area contributed by atoms with E-state index in [4.69, 9.17) is 23.8 Å². The molecule has 1 N–H and O–H groups in total. The van der Waals surface area contributed by atoms with Gasteiger partial charge in [-0.15, -0.1) is 0 Å². The smallest absolute Gasteiger partial charge is 0.182 e. The number of fused-ring (bicyclic) bond motifs is 1. The molecule has 0 atom stereocenters. The molecule has 1 aromatic heterocycles. The van der Waals surface area contributed by atoms with Crippen LogP contribution in [0.4, 0.5) is 0 Å². The van der Waals surface area contributed by atoms with Gasteiger partial charge in [0.15, 0.2) is 4.77 Å². The lowest BCUT2D eigenvalue weighted by molar-refractivity contribution is 1.06. The number of aromatic amines is 1. The molecule has 0 unspecified atom stereocenters. The Bertz CT molecular complexity index is 835. The van der Waals surface area contributed by atoms with Gasteiger partial charge in [0.05, 0.1) is 11.0 Å². The minimum Gasteiger partial charge on any atom is -0.330 e. The number of hydrogen-bond acceptors (Lipinski definition) is 1. The summed E-state index contributed by atoms with van der Waals surface area (Å²) >= 11 is 15.1. The largest absolute Gasteiger partial charge is 0.330 e. The van der Waals surface area contributed by atoms with E-state index in [0.29, 0.717) is 4.77 Å². The molecule has 0 amide bonds. The maximum atomic E-state index is 6.20. The number of nitrogens with one attached hydrogen (secondary N) is 1. The molecule has 0 aliphatic rings. The average molecular weight is 354 g/mol. The van der Waals surface area contributed by atoms with Gasteiger partial charge < -0.3 is 4.98 Å². The van der Waals surface area contributed by atoms with Gasteiger partial charge in [-0.2, -0.15) is 0 Å². The molecule has 96 valence electrons. The summed E-state index contributed by atoms with van der Waals surface area (Å²) in [7, 11) is 0. The van der Waals surface area contributed by atoms with Gasteiger partial charge in [-0.3, -0.25) is 4.57 Å². The first-order valence-corrected chi connectivity index (χ1v) is 7.31. The lowest BCUT2D eigenvalue weighted by Gasteiger charge is -2.07. The molecule has 0 saturated heterocycles. The van der Waals surface area contributed by atoms with Crippen molar-refractivity contribution in [2.24, 2.45) is 0 Å². The van der Waals surface area contributed by atoms with Crippen molar-refractivity contribution >= 4 is 50.8 Å². The number of imidazole rings is 1. The third-order valence-corrected chi connectivity index (χ3v) is 4.24. The minimum absolute atomic E-state index is 0.660. The zero-order chi connectivity index (χ0) is 13.6. The first-order chi connectivity index (χ1) is 9.06. The Morgan fingerprint density at radius 2 is 2.00 bits per heavy atom. The van der Waals surface area contributed by atoms with Gasteiger partial charge in [-0.25, -0.2) is 0 Å². The van der Waals surface area contributed by atoms with Crippen LogP contribution >= 0.6 is 39.7 Å². The Morgan fingerprint density at radius 1 is 1.21 bits per heavy atom. The number of hydrogen-bond donors (Lipinski definition) is 1. The summed E-state index contributed by atoms with van der Waals surface area (Å²) in [6.07, 6.45) is 0. The normalized spacial score (nSPS) is 11.1. The van der Waals surface area contributed by atoms with Gasteiger partial charge in [-0.1, -0.05) is 33.6 Å². The predicted octanol–water partition coefficient (Wildman–Crippen LogP) is 5.41. The molecular weight excluding hydrogens is 344 g/mol. The molecule has 0 bridgehead atoms. The summed E-state index contributed by atoms with van der Waals surface area (Å²) < 4.78 is 3.66. The summed E-state index contributed by atoms with van der Waals surface area (Å²) in [4.78, 5) is 3.20. The molecule has 3 rings (SSSR count). The van der Waals surface area contributed by atoms with Crippen LogP contribution in [0.25, 0.3) is 16.7 Å². The van der Waals surface area contributed by atoms with Crippen LogP contribution in [-0.4, -0.2) is 9.55 Å². The summed E-state index contributed by atoms with van der Waals surface area (Å²) in [5.74, 6) is 0. The lowest BCUT2D eigenvalue weighted by atomic mass is 10.2. The Kier molecular flexibility index (Phi) is 3.25. The van der Waals surface area contributed by atoms with Crippen molar-refractivity contribution in [3.8, 4) is 5.69 Å². The molecule has 3 aromatic rings. The van der Waals surface area contributed by atoms with Crippen molar-refractivity contribution in [1.29, 1.82) is 0 Å². The maximum absolute atomic E-state index is 6.20. The van der Waals surface area contributed by atoms with Gasteiger partial charge >= 0.3 is 0 Å². The quantitative estimate of drug-likeness (QED) is 0.580. The molecule has 2 nitrogen and oxygen atoms in total. The standard InChI is InChI=1S/C14H10BrClN2S/c1-8-2-4-10(7-11(8)16)18-13-6-9(15)3-5-12(13)17-14(18)19/h2-7H,1H3,(H,17,19). The van der Waals surface area contributed by atoms with Gasteiger partial charge in [-0.05, 0) is 55.0 Å². The summed E-state index contributed by atoms with van der Waals surface area (Å²) in [5.41, 5.74) is 4.05. The molecule has 0 aliphatic heterocycles. The van der Waals surface area contributed by atoms with Crippen LogP contribution in [0.15, 0.2) is 40.9 Å². The van der Waals surface area contributed by atoms with E-state index >= 15 is 0 Å². The highest BCUT2D eigenvalue weighted by Gasteiger charge is 2.08. The molecule has 0 saturated carbocycles. The van der Waals surface area contributed by atoms with E-state index in [1.165, 1.54) is 0 Å². The van der Waals surface area contributed by atoms with Crippen LogP contribution in [0.5, 0.6) is 0 Å². The molecule has 0 aliphatic carbocycles. The number of H-pyrrole nitrogens is 1. The molecule has 1 heterocycles. The van der Waals surface area contributed by atoms with Gasteiger partial charge in [0, 0.05) is 15.2 Å². The van der Waals surface area contributed by atoms with Crippen molar-refractivity contribution in [2.45, 2.75) is 6.92 Å². The molecule has 0 fully saturated rings. The van der Waals surface area contributed by atoms with Crippen molar-refractivity contribution < 1.29 is 0 Å². The number of halogens is 2. The summed E-state index contributed by atoms with van der Waals surface area (Å²) in [6, 6.07) is 12.0. The number of nitrogens with zero attached hydrogens (tertiary/aromatic N) is 1. The first-order valence-electron chi connectivity index (χ1n) is 5.73. The highest BCUT2D eigenvalue weighted by molar-refractivity contribution is 9.10. The van der Waals surface area contributed by atoms with E-state index in [1.807, 2.05) is 47.9 Å². The van der Waals surface area contributed by atoms with Crippen molar-refractivity contribution in [3.63, 3.8) is 0 Å². The van der Waals surface area contributed by atoms with Crippen molar-refractivity contribution in [2.75, 3.05) is 0 Å². The SMILES string of the molecule is Cc1ccc(-n2c(=S)[nH]c3ccc(Br)cc32)cc1Cl. The third kappa shape index (κ3) is 2.24. The Labute approximate surface area is 129 Å². The fourth-order valence-corrected chi connectivity index (χ4v) is 2.89. The zero-order valence-corrected chi connectivity index (χ0v) is 13.2. The third-order valence-electron chi connectivity index (χ3n) is 3.06. The molecule has 19 heavy (non-hydrogen) atoms. The molecule has 0 spiro atoms. The van der Waals surface area contributed by atoms with E-state index < -0.39 is 0 Å². The number of rotatable bonds is 1. The predicted molar refractivity (Wildman–Crippen MR) is 85.9 cm³/mol. The molecule has 2 aromatic carbocycles. The fourth-order valence-electron chi connectivity index (χ4n) is 2.05. The van der Waals surface area contributed by atoms with Crippen LogP contribution in [0, 0.1) is 11.7 Å². The Hall–Kier alpha value is -1.10. The lowest BCUT2D eigenvalue weighted by Crippen LogP contribution is -1.94. The van der Waals surface area contributed by atoms with E-state index in [-0.39, 0.29) is 0 Å². The van der Waals surface area contributed by atoms with E-state index in [0.717, 1.165) is 31.8 Å². The summed E-state index contributed by atoms with van der Waals surface area (Å²) in [5, 5.41) is 0.740. The van der Waals surface area contributed by atoms with Crippen LogP contribution in [0.3, 0.4) is 0 Å². The van der Waals surface area contributed by atoms with Crippen molar-refractivity contribution in [1.82, 2.24) is 9.55 Å². The Balaban J connectivity index is 2.35. The molecule has 5 heteroatoms. The fraction of sp³-hybridized carbons (Fsp3) is 0.0714. The number of aromatic nitrogens is 2. The number of aryl methyl sites for hydroxylation is 1. The second kappa shape index (κ2) is 4.78. The summed E-state index contributed by atoms with van der Waals surface area (Å²) in [6.45, 7) is 1.98. The molecule has 0 radical (unpaired) electrons. The Morgan fingerprint density at radius 3 is 2.74 bits per heavy atom. The highest BCUT2D eigenvalue weighted by Crippen LogP contribution is 2.25. The first kappa shape index (κ1) is 12.9. The van der Waals surface area contributed by atoms with Gasteiger partial charge in [0.2, 0.25) is 0 Å². The van der Waals surface area contributed by atoms with Crippen LogP contribution in [-0.2, 0) is 0 Å². The second-order valence-electron chi connectivity index (χ2n) is 4.36. The van der Waals surface area contributed by atoms with E-state index in [1.54, 1.807) is 0 Å². The van der Waals surface area contributed by atoms with Gasteiger partial charge in [0.25, 0.3) is 0 Å². The van der Waals surface area contributed by atoms with Crippen LogP contribution in [0.1, 0.15) is 5.56 Å².